The number of carbonyl (C=O) groups excluding carboxylic acids is 1. The topological polar surface area (TPSA) is 166 Å². The Bertz CT molecular complexity index is 1790. The second-order valence-corrected chi connectivity index (χ2v) is 15.4. The Labute approximate surface area is 329 Å². The molecule has 3 rings (SSSR count). The number of likely N-dealkylation sites (N-methyl/N-ethyl adjacent to an activating group) is 1. The zero-order valence-electron chi connectivity index (χ0n) is 32.8. The van der Waals surface area contributed by atoms with Gasteiger partial charge in [-0.15, -0.1) is 0 Å². The van der Waals surface area contributed by atoms with Gasteiger partial charge in [-0.1, -0.05) is 85.9 Å². The second-order valence-electron chi connectivity index (χ2n) is 13.6. The van der Waals surface area contributed by atoms with Crippen LogP contribution in [0.2, 0.25) is 0 Å². The number of rotatable bonds is 25. The predicted octanol–water partition coefficient (Wildman–Crippen LogP) is 6.12. The minimum Gasteiger partial charge on any atom is -0.387 e. The van der Waals surface area contributed by atoms with E-state index in [0.717, 1.165) is 68.7 Å². The zero-order chi connectivity index (χ0) is 40.8. The van der Waals surface area contributed by atoms with E-state index in [1.54, 1.807) is 30.3 Å². The number of alkyl halides is 1. The Hall–Kier alpha value is -4.17. The lowest BCUT2D eigenvalue weighted by molar-refractivity contribution is -0.121. The van der Waals surface area contributed by atoms with E-state index in [-0.39, 0.29) is 12.5 Å². The number of nitrogens with zero attached hydrogens (tertiary/aromatic N) is 3. The summed E-state index contributed by atoms with van der Waals surface area (Å²) in [4.78, 5) is 51.2. The van der Waals surface area contributed by atoms with E-state index in [4.69, 9.17) is 9.26 Å². The van der Waals surface area contributed by atoms with Gasteiger partial charge >= 0.3 is 13.4 Å². The molecule has 0 saturated carbocycles. The van der Waals surface area contributed by atoms with Crippen LogP contribution in [0.3, 0.4) is 0 Å². The molecule has 13 nitrogen and oxygen atoms in total. The molecule has 1 aliphatic rings. The van der Waals surface area contributed by atoms with Crippen molar-refractivity contribution in [1.29, 1.82) is 0 Å². The fourth-order valence-corrected chi connectivity index (χ4v) is 7.05. The van der Waals surface area contributed by atoms with E-state index in [1.165, 1.54) is 4.67 Å². The van der Waals surface area contributed by atoms with Crippen molar-refractivity contribution >= 4 is 19.3 Å². The summed E-state index contributed by atoms with van der Waals surface area (Å²) < 4.78 is 42.3. The van der Waals surface area contributed by atoms with Gasteiger partial charge in [-0.3, -0.25) is 28.3 Å². The Morgan fingerprint density at radius 2 is 1.59 bits per heavy atom. The predicted molar refractivity (Wildman–Crippen MR) is 219 cm³/mol. The summed E-state index contributed by atoms with van der Waals surface area (Å²) >= 11 is 0. The van der Waals surface area contributed by atoms with Crippen LogP contribution in [-0.4, -0.2) is 88.1 Å². The third-order valence-electron chi connectivity index (χ3n) is 9.03. The van der Waals surface area contributed by atoms with Gasteiger partial charge < -0.3 is 25.0 Å². The maximum atomic E-state index is 15.6. The average Bonchev–Trinajstić information content (AvgIpc) is 3.39. The molecule has 1 amide bonds. The largest absolute Gasteiger partial charge is 0.432 e. The number of anilines is 1. The van der Waals surface area contributed by atoms with Crippen LogP contribution in [0.1, 0.15) is 71.4 Å². The summed E-state index contributed by atoms with van der Waals surface area (Å²) in [6, 6.07) is 9.46. The molecule has 1 unspecified atom stereocenters. The first-order valence-corrected chi connectivity index (χ1v) is 20.7. The number of halogens is 1. The third-order valence-corrected chi connectivity index (χ3v) is 10.6. The Morgan fingerprint density at radius 3 is 2.20 bits per heavy atom. The number of allylic oxidation sites excluding steroid dienone is 10. The fraction of sp³-hybridized carbons (Fsp3) is 0.488. The number of aliphatic hydroxyl groups excluding tert-OH is 1. The van der Waals surface area contributed by atoms with Gasteiger partial charge in [0.2, 0.25) is 5.91 Å². The lowest BCUT2D eigenvalue weighted by atomic mass is 9.98. The summed E-state index contributed by atoms with van der Waals surface area (Å²) in [7, 11) is -2.77. The highest BCUT2D eigenvalue weighted by molar-refractivity contribution is 7.54. The molecule has 56 heavy (non-hydrogen) atoms. The first-order chi connectivity index (χ1) is 26.9. The molecule has 1 aromatic heterocycles. The summed E-state index contributed by atoms with van der Waals surface area (Å²) in [5.41, 5.74) is -3.73. The average molecular weight is 800 g/mol. The quantitative estimate of drug-likeness (QED) is 0.0523. The van der Waals surface area contributed by atoms with Crippen LogP contribution in [0.25, 0.3) is 0 Å². The molecule has 1 aliphatic heterocycles. The summed E-state index contributed by atoms with van der Waals surface area (Å²) in [6.07, 6.45) is 24.5. The number of aromatic nitrogens is 2. The smallest absolute Gasteiger partial charge is 0.387 e. The molecule has 308 valence electrons. The van der Waals surface area contributed by atoms with Crippen LogP contribution < -0.4 is 21.2 Å². The van der Waals surface area contributed by atoms with Gasteiger partial charge in [0.05, 0.1) is 6.61 Å². The van der Waals surface area contributed by atoms with Crippen molar-refractivity contribution in [3.05, 3.63) is 124 Å². The monoisotopic (exact) mass is 799 g/mol. The number of para-hydroxylation sites is 1. The summed E-state index contributed by atoms with van der Waals surface area (Å²) in [5.74, 6) is -0.0433. The molecule has 2 aromatic rings. The highest BCUT2D eigenvalue weighted by atomic mass is 31.2. The number of hydrogen-bond donors (Lipinski definition) is 4. The van der Waals surface area contributed by atoms with E-state index >= 15 is 4.39 Å². The molecule has 15 heteroatoms. The molecule has 2 heterocycles. The number of aromatic amines is 1. The van der Waals surface area contributed by atoms with Crippen LogP contribution in [0.4, 0.5) is 10.1 Å². The van der Waals surface area contributed by atoms with Crippen molar-refractivity contribution in [3.8, 4) is 0 Å². The number of H-pyrrole nitrogens is 1. The number of nitrogens with one attached hydrogen (secondary N) is 2. The summed E-state index contributed by atoms with van der Waals surface area (Å²) in [5, 5.41) is 13.6. The number of aliphatic hydroxyl groups is 1. The molecular formula is C41H59FN5O8P. The molecule has 5 atom stereocenters. The van der Waals surface area contributed by atoms with Gasteiger partial charge in [0.1, 0.15) is 12.2 Å². The first kappa shape index (κ1) is 46.2. The van der Waals surface area contributed by atoms with Gasteiger partial charge in [0.25, 0.3) is 5.56 Å². The molecule has 0 aliphatic carbocycles. The fourth-order valence-electron chi connectivity index (χ4n) is 5.81. The van der Waals surface area contributed by atoms with Gasteiger partial charge in [0.15, 0.2) is 11.9 Å². The minimum absolute atomic E-state index is 0.0433. The van der Waals surface area contributed by atoms with Gasteiger partial charge in [0, 0.05) is 50.6 Å². The Kier molecular flexibility index (Phi) is 20.2. The van der Waals surface area contributed by atoms with Crippen molar-refractivity contribution in [2.75, 3.05) is 44.5 Å². The highest BCUT2D eigenvalue weighted by Crippen LogP contribution is 2.50. The Balaban J connectivity index is 1.37. The van der Waals surface area contributed by atoms with Crippen molar-refractivity contribution in [3.63, 3.8) is 0 Å². The van der Waals surface area contributed by atoms with Crippen molar-refractivity contribution in [2.24, 2.45) is 0 Å². The highest BCUT2D eigenvalue weighted by Gasteiger charge is 2.55. The lowest BCUT2D eigenvalue weighted by Gasteiger charge is -2.31. The van der Waals surface area contributed by atoms with Crippen LogP contribution in [0.15, 0.2) is 113 Å². The molecule has 0 radical (unpaired) electrons. The number of ether oxygens (including phenoxy) is 1. The molecule has 4 N–H and O–H groups in total. The minimum atomic E-state index is -4.60. The van der Waals surface area contributed by atoms with Gasteiger partial charge in [-0.25, -0.2) is 13.8 Å². The number of carbonyl (C=O) groups is 1. The maximum absolute atomic E-state index is 15.6. The van der Waals surface area contributed by atoms with Gasteiger partial charge in [-0.2, -0.15) is 0 Å². The van der Waals surface area contributed by atoms with E-state index in [1.807, 2.05) is 16.9 Å². The third kappa shape index (κ3) is 15.8. The zero-order valence-corrected chi connectivity index (χ0v) is 33.6. The van der Waals surface area contributed by atoms with E-state index in [2.05, 4.69) is 73.0 Å². The van der Waals surface area contributed by atoms with Crippen molar-refractivity contribution in [2.45, 2.75) is 89.3 Å². The molecule has 0 spiro atoms. The standard InChI is InChI=1S/C41H59FN5O8P/c1-4-5-6-7-8-9-10-11-12-13-14-15-16-17-18-19-23-26-36(48)43-28-30-45(3)31-32-47(34-24-21-20-22-25-34)56(52,53)54-33-35-38(50)41(2,42)39(55-35)46-29-27-37(49)44-40(46)51/h5-6,8-9,11-12,14-15,17-18,20-22,24-25,27,29,35,38-39,50H,4,7,10,13,16,19,23,26,28,30-33H2,1-3H3,(H,43,48)(H,52,53)(H,44,49,51)/t35-,38-,39-,41-/m1/s1. The van der Waals surface area contributed by atoms with E-state index in [9.17, 15) is 28.9 Å². The first-order valence-electron chi connectivity index (χ1n) is 19.2. The number of hydrogen-bond acceptors (Lipinski definition) is 8. The SMILES string of the molecule is CCC=CCC=CCC=CCC=CCC=CCCCC(=O)NCCN(C)CCN(c1ccccc1)P(=O)(O)OC[C@H]1O[C@@H](n2ccc(=O)[nH]c2=O)[C@](C)(F)[C@@H]1O. The van der Waals surface area contributed by atoms with Gasteiger partial charge in [-0.05, 0) is 71.0 Å². The van der Waals surface area contributed by atoms with Crippen LogP contribution in [0.5, 0.6) is 0 Å². The molecule has 1 aromatic carbocycles. The van der Waals surface area contributed by atoms with Crippen LogP contribution in [0, 0.1) is 0 Å². The number of benzene rings is 1. The Morgan fingerprint density at radius 1 is 0.982 bits per heavy atom. The van der Waals surface area contributed by atoms with Crippen LogP contribution >= 0.6 is 7.75 Å². The second kappa shape index (κ2) is 24.5. The van der Waals surface area contributed by atoms with E-state index < -0.39 is 49.7 Å². The molecule has 0 bridgehead atoms. The molecule has 1 saturated heterocycles. The normalized spacial score (nSPS) is 21.4. The van der Waals surface area contributed by atoms with Crippen LogP contribution in [-0.2, 0) is 18.6 Å². The number of amides is 1. The molecular weight excluding hydrogens is 740 g/mol. The lowest BCUT2D eigenvalue weighted by Crippen LogP contribution is -2.43. The number of unbranched alkanes of at least 4 members (excludes halogenated alkanes) is 1. The van der Waals surface area contributed by atoms with Crippen molar-refractivity contribution < 1.29 is 33.0 Å². The molecule has 1 fully saturated rings. The maximum Gasteiger partial charge on any atom is 0.432 e. The summed E-state index contributed by atoms with van der Waals surface area (Å²) in [6.45, 7) is 3.75. The van der Waals surface area contributed by atoms with E-state index in [0.29, 0.717) is 31.7 Å². The van der Waals surface area contributed by atoms with Crippen molar-refractivity contribution in [1.82, 2.24) is 19.8 Å².